The fraction of sp³-hybridized carbons (Fsp3) is 0.773. The van der Waals surface area contributed by atoms with E-state index >= 15 is 0 Å². The van der Waals surface area contributed by atoms with Gasteiger partial charge < -0.3 is 19.1 Å². The van der Waals surface area contributed by atoms with Gasteiger partial charge in [-0.15, -0.1) is 0 Å². The van der Waals surface area contributed by atoms with Gasteiger partial charge in [0.1, 0.15) is 0 Å². The highest BCUT2D eigenvalue weighted by molar-refractivity contribution is 5.10. The lowest BCUT2D eigenvalue weighted by molar-refractivity contribution is -0.223. The molecule has 0 bridgehead atoms. The van der Waals surface area contributed by atoms with Crippen LogP contribution in [0.2, 0.25) is 0 Å². The van der Waals surface area contributed by atoms with Crippen molar-refractivity contribution in [2.75, 3.05) is 6.61 Å². The number of aromatic nitrogens is 2. The molecular weight excluding hydrogens is 340 g/mol. The number of ether oxygens (including phenoxy) is 2. The summed E-state index contributed by atoms with van der Waals surface area (Å²) in [6.45, 7) is 10.4. The van der Waals surface area contributed by atoms with Gasteiger partial charge in [-0.1, -0.05) is 18.6 Å². The predicted octanol–water partition coefficient (Wildman–Crippen LogP) is 4.17. The molecule has 0 spiro atoms. The van der Waals surface area contributed by atoms with Crippen molar-refractivity contribution in [3.63, 3.8) is 0 Å². The summed E-state index contributed by atoms with van der Waals surface area (Å²) in [4.78, 5) is 4.07. The van der Waals surface area contributed by atoms with Crippen molar-refractivity contribution in [2.24, 2.45) is 17.8 Å². The fourth-order valence-electron chi connectivity index (χ4n) is 4.79. The number of aryl methyl sites for hydroxylation is 1. The zero-order valence-electron chi connectivity index (χ0n) is 17.3. The largest absolute Gasteiger partial charge is 0.393 e. The first-order valence-electron chi connectivity index (χ1n) is 10.5. The zero-order valence-corrected chi connectivity index (χ0v) is 17.3. The van der Waals surface area contributed by atoms with E-state index < -0.39 is 0 Å². The molecule has 1 aliphatic carbocycles. The fourth-order valence-corrected chi connectivity index (χ4v) is 4.79. The van der Waals surface area contributed by atoms with Crippen LogP contribution in [0.15, 0.2) is 30.4 Å². The van der Waals surface area contributed by atoms with Gasteiger partial charge in [0.05, 0.1) is 24.6 Å². The van der Waals surface area contributed by atoms with Crippen molar-refractivity contribution in [3.8, 4) is 0 Å². The highest BCUT2D eigenvalue weighted by atomic mass is 16.7. The number of rotatable bonds is 5. The van der Waals surface area contributed by atoms with Gasteiger partial charge in [0, 0.05) is 25.4 Å². The molecule has 5 nitrogen and oxygen atoms in total. The summed E-state index contributed by atoms with van der Waals surface area (Å²) in [5.74, 6) is 1.14. The van der Waals surface area contributed by atoms with Gasteiger partial charge in [-0.05, 0) is 64.2 Å². The van der Waals surface area contributed by atoms with E-state index in [0.717, 1.165) is 38.6 Å². The summed E-state index contributed by atoms with van der Waals surface area (Å²) < 4.78 is 14.7. The summed E-state index contributed by atoms with van der Waals surface area (Å²) in [7, 11) is 0. The van der Waals surface area contributed by atoms with Crippen molar-refractivity contribution in [2.45, 2.75) is 84.3 Å². The van der Waals surface area contributed by atoms with E-state index in [-0.39, 0.29) is 23.9 Å². The van der Waals surface area contributed by atoms with E-state index in [4.69, 9.17) is 9.47 Å². The van der Waals surface area contributed by atoms with Crippen LogP contribution in [-0.4, -0.2) is 39.3 Å². The molecule has 3 unspecified atom stereocenters. The summed E-state index contributed by atoms with van der Waals surface area (Å²) in [6.07, 6.45) is 11.9. The van der Waals surface area contributed by atoms with E-state index in [9.17, 15) is 5.11 Å². The second-order valence-electron chi connectivity index (χ2n) is 8.94. The monoisotopic (exact) mass is 376 g/mol. The smallest absolute Gasteiger partial charge is 0.158 e. The van der Waals surface area contributed by atoms with Crippen molar-refractivity contribution < 1.29 is 14.6 Å². The average molecular weight is 377 g/mol. The first-order valence-corrected chi connectivity index (χ1v) is 10.5. The lowest BCUT2D eigenvalue weighted by Crippen LogP contribution is -2.45. The molecule has 3 rings (SSSR count). The molecule has 2 heterocycles. The number of imidazole rings is 1. The minimum absolute atomic E-state index is 0.254. The first kappa shape index (κ1) is 20.6. The Balaban J connectivity index is 1.63. The van der Waals surface area contributed by atoms with Crippen LogP contribution in [-0.2, 0) is 16.0 Å². The van der Waals surface area contributed by atoms with Crippen LogP contribution in [0.25, 0.3) is 0 Å². The van der Waals surface area contributed by atoms with Crippen molar-refractivity contribution in [3.05, 3.63) is 30.4 Å². The lowest BCUT2D eigenvalue weighted by atomic mass is 9.66. The lowest BCUT2D eigenvalue weighted by Gasteiger charge is -2.44. The Morgan fingerprint density at radius 2 is 2.19 bits per heavy atom. The Kier molecular flexibility index (Phi) is 6.77. The second-order valence-corrected chi connectivity index (χ2v) is 8.94. The SMILES string of the molecule is CC1=CC[C@@H]2[C@@H](C1)C(C)C(O)CCC(OCCCn1ccnc1)OC2(C)C. The van der Waals surface area contributed by atoms with Gasteiger partial charge in [-0.2, -0.15) is 0 Å². The number of aliphatic hydroxyl groups excluding tert-OH is 1. The predicted molar refractivity (Wildman–Crippen MR) is 106 cm³/mol. The molecule has 1 aromatic rings. The van der Waals surface area contributed by atoms with Crippen molar-refractivity contribution in [1.82, 2.24) is 9.55 Å². The number of nitrogens with zero attached hydrogens (tertiary/aromatic N) is 2. The summed E-state index contributed by atoms with van der Waals surface area (Å²) >= 11 is 0. The minimum Gasteiger partial charge on any atom is -0.393 e. The molecule has 5 atom stereocenters. The van der Waals surface area contributed by atoms with Gasteiger partial charge in [0.15, 0.2) is 6.29 Å². The molecule has 0 amide bonds. The molecule has 1 aromatic heterocycles. The van der Waals surface area contributed by atoms with Crippen molar-refractivity contribution in [1.29, 1.82) is 0 Å². The van der Waals surface area contributed by atoms with E-state index in [2.05, 4.69) is 43.3 Å². The minimum atomic E-state index is -0.294. The van der Waals surface area contributed by atoms with Gasteiger partial charge in [-0.25, -0.2) is 4.98 Å². The van der Waals surface area contributed by atoms with E-state index in [1.54, 1.807) is 6.20 Å². The van der Waals surface area contributed by atoms with Crippen LogP contribution in [0.5, 0.6) is 0 Å². The summed E-state index contributed by atoms with van der Waals surface area (Å²) in [5.41, 5.74) is 1.17. The van der Waals surface area contributed by atoms with Gasteiger partial charge in [-0.3, -0.25) is 0 Å². The number of aliphatic hydroxyl groups is 1. The van der Waals surface area contributed by atoms with Crippen LogP contribution in [0, 0.1) is 17.8 Å². The second kappa shape index (κ2) is 8.89. The molecule has 1 saturated heterocycles. The van der Waals surface area contributed by atoms with Crippen LogP contribution in [0.1, 0.15) is 59.8 Å². The molecule has 27 heavy (non-hydrogen) atoms. The van der Waals surface area contributed by atoms with Crippen LogP contribution in [0.4, 0.5) is 0 Å². The van der Waals surface area contributed by atoms with Crippen LogP contribution >= 0.6 is 0 Å². The highest BCUT2D eigenvalue weighted by Gasteiger charge is 2.44. The van der Waals surface area contributed by atoms with Crippen LogP contribution < -0.4 is 0 Å². The van der Waals surface area contributed by atoms with E-state index in [1.807, 2.05) is 12.5 Å². The maximum absolute atomic E-state index is 10.8. The normalized spacial score (nSPS) is 34.1. The standard InChI is InChI=1S/C22H36N2O3/c1-16-6-7-19-18(14-16)17(2)20(25)8-9-21(27-22(19,3)4)26-13-5-11-24-12-10-23-15-24/h6,10,12,15,17-21,25H,5,7-9,11,13-14H2,1-4H3/t17?,18-,19+,20?,21?/m0/s1. The Morgan fingerprint density at radius 3 is 2.93 bits per heavy atom. The summed E-state index contributed by atoms with van der Waals surface area (Å²) in [6, 6.07) is 0. The zero-order chi connectivity index (χ0) is 19.4. The van der Waals surface area contributed by atoms with Crippen molar-refractivity contribution >= 4 is 0 Å². The number of hydrogen-bond acceptors (Lipinski definition) is 4. The molecular formula is C22H36N2O3. The Bertz CT molecular complexity index is 611. The summed E-state index contributed by atoms with van der Waals surface area (Å²) in [5, 5.41) is 10.8. The third-order valence-electron chi connectivity index (χ3n) is 6.53. The Morgan fingerprint density at radius 1 is 1.37 bits per heavy atom. The molecule has 5 heteroatoms. The molecule has 1 fully saturated rings. The average Bonchev–Trinajstić information content (AvgIpc) is 3.15. The molecule has 2 aliphatic rings. The number of hydrogen-bond donors (Lipinski definition) is 1. The quantitative estimate of drug-likeness (QED) is 0.619. The number of allylic oxidation sites excluding steroid dienone is 2. The molecule has 0 aromatic carbocycles. The topological polar surface area (TPSA) is 56.5 Å². The third kappa shape index (κ3) is 5.21. The molecule has 0 radical (unpaired) electrons. The highest BCUT2D eigenvalue weighted by Crippen LogP contribution is 2.45. The van der Waals surface area contributed by atoms with E-state index in [1.165, 1.54) is 5.57 Å². The third-order valence-corrected chi connectivity index (χ3v) is 6.53. The van der Waals surface area contributed by atoms with Gasteiger partial charge in [0.25, 0.3) is 0 Å². The maximum Gasteiger partial charge on any atom is 0.158 e. The van der Waals surface area contributed by atoms with Gasteiger partial charge in [0.2, 0.25) is 0 Å². The van der Waals surface area contributed by atoms with Crippen LogP contribution in [0.3, 0.4) is 0 Å². The maximum atomic E-state index is 10.8. The number of fused-ring (bicyclic) bond motifs is 1. The molecule has 1 aliphatic heterocycles. The molecule has 152 valence electrons. The Hall–Kier alpha value is -1.17. The van der Waals surface area contributed by atoms with E-state index in [0.29, 0.717) is 18.4 Å². The molecule has 1 N–H and O–H groups in total. The first-order chi connectivity index (χ1) is 12.9. The van der Waals surface area contributed by atoms with Gasteiger partial charge >= 0.3 is 0 Å². The Labute approximate surface area is 163 Å². The molecule has 0 saturated carbocycles.